The molecule has 6 nitrogen and oxygen atoms in total. The second-order valence-corrected chi connectivity index (χ2v) is 15.7. The van der Waals surface area contributed by atoms with E-state index in [1.165, 1.54) is 87.4 Å². The van der Waals surface area contributed by atoms with Gasteiger partial charge in [0.2, 0.25) is 17.1 Å². The van der Waals surface area contributed by atoms with Crippen LogP contribution in [0.4, 0.5) is 0 Å². The Hall–Kier alpha value is -7.18. The summed E-state index contributed by atoms with van der Waals surface area (Å²) in [4.78, 5) is 0. The third kappa shape index (κ3) is 4.91. The fourth-order valence-corrected chi connectivity index (χ4v) is 9.52. The summed E-state index contributed by atoms with van der Waals surface area (Å²) in [6.45, 7) is 4.19. The third-order valence-electron chi connectivity index (χ3n) is 12.4. The van der Waals surface area contributed by atoms with Gasteiger partial charge in [0.1, 0.15) is 42.1 Å². The normalized spacial score (nSPS) is 12.0. The van der Waals surface area contributed by atoms with Gasteiger partial charge in [-0.05, 0) is 36.8 Å². The zero-order valence-corrected chi connectivity index (χ0v) is 33.5. The van der Waals surface area contributed by atoms with Gasteiger partial charge in [-0.15, -0.1) is 0 Å². The Morgan fingerprint density at radius 3 is 1.48 bits per heavy atom. The van der Waals surface area contributed by atoms with Crippen molar-refractivity contribution in [1.82, 2.24) is 9.13 Å². The highest BCUT2D eigenvalue weighted by atomic mass is 16.3. The largest absolute Gasteiger partial charge is 0.460 e. The minimum Gasteiger partial charge on any atom is -0.460 e. The first-order chi connectivity index (χ1) is 28.3. The van der Waals surface area contributed by atoms with Gasteiger partial charge in [0.05, 0.1) is 16.6 Å². The lowest BCUT2D eigenvalue weighted by atomic mass is 10.0. The molecule has 0 saturated carbocycles. The summed E-state index contributed by atoms with van der Waals surface area (Å²) in [7, 11) is 8.53. The lowest BCUT2D eigenvalue weighted by Gasteiger charge is -2.03. The number of hydrogen-bond acceptors (Lipinski definition) is 2. The molecule has 12 rings (SSSR count). The van der Waals surface area contributed by atoms with Crippen LogP contribution in [0.1, 0.15) is 11.3 Å². The molecule has 0 aliphatic heterocycles. The molecule has 0 saturated heterocycles. The van der Waals surface area contributed by atoms with Gasteiger partial charge in [-0.25, -0.2) is 0 Å². The first-order valence-corrected chi connectivity index (χ1v) is 19.8. The van der Waals surface area contributed by atoms with Crippen LogP contribution in [0.15, 0.2) is 155 Å². The highest BCUT2D eigenvalue weighted by Crippen LogP contribution is 2.39. The van der Waals surface area contributed by atoms with E-state index in [9.17, 15) is 0 Å². The van der Waals surface area contributed by atoms with Crippen molar-refractivity contribution < 1.29 is 18.0 Å². The fraction of sp³-hybridized carbons (Fsp3) is 0.115. The van der Waals surface area contributed by atoms with E-state index in [4.69, 9.17) is 8.83 Å². The number of pyridine rings is 2. The average Bonchev–Trinajstić information content (AvgIpc) is 3.94. The van der Waals surface area contributed by atoms with Gasteiger partial charge in [-0.2, -0.15) is 9.13 Å². The monoisotopic (exact) mass is 754 g/mol. The second-order valence-electron chi connectivity index (χ2n) is 15.7. The average molecular weight is 755 g/mol. The number of aryl methyl sites for hydroxylation is 6. The summed E-state index contributed by atoms with van der Waals surface area (Å²) in [6, 6.07) is 47.3. The number of aromatic nitrogens is 4. The molecule has 0 aliphatic carbocycles. The molecule has 0 fully saturated rings. The Morgan fingerprint density at radius 2 is 0.914 bits per heavy atom. The highest BCUT2D eigenvalue weighted by Gasteiger charge is 2.25. The van der Waals surface area contributed by atoms with Crippen molar-refractivity contribution in [2.75, 3.05) is 0 Å². The number of hydrogen-bond donors (Lipinski definition) is 0. The first-order valence-electron chi connectivity index (χ1n) is 19.8. The van der Waals surface area contributed by atoms with Crippen LogP contribution < -0.4 is 9.13 Å². The lowest BCUT2D eigenvalue weighted by molar-refractivity contribution is -0.659. The molecule has 0 aliphatic rings. The van der Waals surface area contributed by atoms with E-state index >= 15 is 0 Å². The van der Waals surface area contributed by atoms with Crippen molar-refractivity contribution in [3.8, 4) is 22.7 Å². The van der Waals surface area contributed by atoms with Gasteiger partial charge in [0, 0.05) is 74.9 Å². The van der Waals surface area contributed by atoms with E-state index in [1.54, 1.807) is 0 Å². The zero-order chi connectivity index (χ0) is 39.4. The molecule has 0 atom stereocenters. The number of benzene rings is 6. The molecule has 0 spiro atoms. The third-order valence-corrected chi connectivity index (χ3v) is 12.4. The Kier molecular flexibility index (Phi) is 7.45. The van der Waals surface area contributed by atoms with Crippen molar-refractivity contribution >= 4 is 87.1 Å². The van der Waals surface area contributed by atoms with Crippen LogP contribution in [-0.2, 0) is 28.2 Å². The summed E-state index contributed by atoms with van der Waals surface area (Å²) < 4.78 is 21.3. The van der Waals surface area contributed by atoms with Crippen molar-refractivity contribution in [3.63, 3.8) is 0 Å². The topological polar surface area (TPSA) is 43.9 Å². The smallest absolute Gasteiger partial charge is 0.249 e. The van der Waals surface area contributed by atoms with Crippen LogP contribution in [0.25, 0.3) is 110 Å². The molecule has 0 radical (unpaired) electrons. The van der Waals surface area contributed by atoms with Gasteiger partial charge in [0.15, 0.2) is 12.4 Å². The number of nitrogens with zero attached hydrogens (tertiary/aromatic N) is 4. The highest BCUT2D eigenvalue weighted by molar-refractivity contribution is 6.19. The SMILES string of the molecule is Cc1c(-c2cc3c4ccc5ccccc5c4n(C)c3c[n+]2C)oc2ccccc12.Cc1oc2ccccc2c1-c1cc2c3ccc4ccccc4c3n(C)c2c[n+]1C. The molecular weight excluding hydrogens is 713 g/mol. The maximum atomic E-state index is 6.28. The zero-order valence-electron chi connectivity index (χ0n) is 33.5. The molecule has 6 heteroatoms. The fourth-order valence-electron chi connectivity index (χ4n) is 9.52. The number of rotatable bonds is 2. The van der Waals surface area contributed by atoms with Crippen LogP contribution in [0.2, 0.25) is 0 Å². The van der Waals surface area contributed by atoms with Crippen molar-refractivity contribution in [2.24, 2.45) is 28.2 Å². The lowest BCUT2D eigenvalue weighted by Crippen LogP contribution is -2.30. The van der Waals surface area contributed by atoms with Gasteiger partial charge in [-0.1, -0.05) is 109 Å². The Morgan fingerprint density at radius 1 is 0.448 bits per heavy atom. The van der Waals surface area contributed by atoms with Crippen molar-refractivity contribution in [1.29, 1.82) is 0 Å². The molecule has 6 aromatic carbocycles. The van der Waals surface area contributed by atoms with Gasteiger partial charge >= 0.3 is 0 Å². The molecule has 280 valence electrons. The first kappa shape index (κ1) is 34.1. The summed E-state index contributed by atoms with van der Waals surface area (Å²) in [5.74, 6) is 1.89. The number of furan rings is 2. The predicted octanol–water partition coefficient (Wildman–Crippen LogP) is 12.1. The summed E-state index contributed by atoms with van der Waals surface area (Å²) in [6.07, 6.45) is 4.45. The van der Waals surface area contributed by atoms with E-state index < -0.39 is 0 Å². The van der Waals surface area contributed by atoms with Crippen LogP contribution in [0.3, 0.4) is 0 Å². The van der Waals surface area contributed by atoms with Crippen LogP contribution in [0, 0.1) is 13.8 Å². The molecule has 6 heterocycles. The quantitative estimate of drug-likeness (QED) is 0.165. The molecule has 12 aromatic rings. The van der Waals surface area contributed by atoms with Gasteiger partial charge in [-0.3, -0.25) is 0 Å². The van der Waals surface area contributed by atoms with Crippen molar-refractivity contribution in [3.05, 3.63) is 157 Å². The van der Waals surface area contributed by atoms with Gasteiger partial charge < -0.3 is 18.0 Å². The minimum absolute atomic E-state index is 0.934. The minimum atomic E-state index is 0.934. The number of fused-ring (bicyclic) bond motifs is 12. The molecule has 58 heavy (non-hydrogen) atoms. The van der Waals surface area contributed by atoms with Crippen LogP contribution >= 0.6 is 0 Å². The molecule has 0 bridgehead atoms. The van der Waals surface area contributed by atoms with Crippen LogP contribution in [-0.4, -0.2) is 9.13 Å². The summed E-state index contributed by atoms with van der Waals surface area (Å²) in [5, 5.41) is 12.5. The maximum absolute atomic E-state index is 6.28. The maximum Gasteiger partial charge on any atom is 0.249 e. The van der Waals surface area contributed by atoms with Crippen LogP contribution in [0.5, 0.6) is 0 Å². The molecule has 0 amide bonds. The van der Waals surface area contributed by atoms with E-state index in [1.807, 2.05) is 24.3 Å². The Labute approximate surface area is 335 Å². The van der Waals surface area contributed by atoms with Crippen molar-refractivity contribution in [2.45, 2.75) is 13.8 Å². The van der Waals surface area contributed by atoms with E-state index in [-0.39, 0.29) is 0 Å². The standard InChI is InChI=1S/2C26H21N2O/c1-16-18-9-6-7-11-24(18)29-26(16)22-14-21-20-13-12-17-8-4-5-10-19(17)25(20)28(3)23(21)15-27(22)2;1-16-25(20-10-6-7-11-24(20)29-16)22-14-21-19-13-12-17-8-4-5-9-18(17)26(19)28(3)23(21)15-27(22)2/h2*4-15H,1-3H3/q2*+1. The number of para-hydroxylation sites is 2. The summed E-state index contributed by atoms with van der Waals surface area (Å²) in [5.41, 5.74) is 11.5. The molecular formula is C52H42N4O2+2. The van der Waals surface area contributed by atoms with E-state index in [2.05, 4.69) is 182 Å². The predicted molar refractivity (Wildman–Crippen MR) is 238 cm³/mol. The van der Waals surface area contributed by atoms with Gasteiger partial charge in [0.25, 0.3) is 0 Å². The van der Waals surface area contributed by atoms with E-state index in [0.29, 0.717) is 0 Å². The molecule has 0 unspecified atom stereocenters. The Bertz CT molecular complexity index is 3640. The second kappa shape index (κ2) is 12.7. The molecule has 0 N–H and O–H groups in total. The molecule has 6 aromatic heterocycles. The summed E-state index contributed by atoms with van der Waals surface area (Å²) >= 11 is 0. The Balaban J connectivity index is 0.000000133. The van der Waals surface area contributed by atoms with E-state index in [0.717, 1.165) is 33.8 Å².